The quantitative estimate of drug-likeness (QED) is 0.812. The summed E-state index contributed by atoms with van der Waals surface area (Å²) in [5, 5.41) is 4.86. The Labute approximate surface area is 142 Å². The lowest BCUT2D eigenvalue weighted by Crippen LogP contribution is -2.25. The predicted molar refractivity (Wildman–Crippen MR) is 91.4 cm³/mol. The molecule has 0 aliphatic carbocycles. The molecule has 8 heteroatoms. The molecule has 0 aliphatic heterocycles. The van der Waals surface area contributed by atoms with Crippen LogP contribution in [0.2, 0.25) is 0 Å². The van der Waals surface area contributed by atoms with Gasteiger partial charge in [-0.05, 0) is 40.3 Å². The molecule has 0 aromatic heterocycles. The van der Waals surface area contributed by atoms with Gasteiger partial charge in [-0.1, -0.05) is 0 Å². The smallest absolute Gasteiger partial charge is 0.410 e. The molecular formula is C16H26N4O4. The molecule has 0 saturated carbocycles. The van der Waals surface area contributed by atoms with Crippen molar-refractivity contribution in [3.8, 4) is 11.5 Å². The third kappa shape index (κ3) is 6.05. The number of rotatable bonds is 6. The fourth-order valence-electron chi connectivity index (χ4n) is 2.06. The van der Waals surface area contributed by atoms with Crippen LogP contribution >= 0.6 is 0 Å². The Morgan fingerprint density at radius 1 is 0.833 bits per heavy atom. The lowest BCUT2D eigenvalue weighted by Gasteiger charge is -2.19. The van der Waals surface area contributed by atoms with Crippen molar-refractivity contribution in [2.24, 2.45) is 0 Å². The third-order valence-electron chi connectivity index (χ3n) is 3.03. The van der Waals surface area contributed by atoms with Gasteiger partial charge in [0.2, 0.25) is 0 Å². The molecule has 0 heterocycles. The van der Waals surface area contributed by atoms with Gasteiger partial charge < -0.3 is 29.9 Å². The first-order valence-electron chi connectivity index (χ1n) is 7.51. The van der Waals surface area contributed by atoms with Gasteiger partial charge in [0, 0.05) is 38.3 Å². The van der Waals surface area contributed by atoms with Crippen molar-refractivity contribution in [2.45, 2.75) is 13.1 Å². The van der Waals surface area contributed by atoms with Crippen LogP contribution in [0.25, 0.3) is 0 Å². The molecule has 1 rings (SSSR count). The van der Waals surface area contributed by atoms with E-state index in [-0.39, 0.29) is 0 Å². The van der Waals surface area contributed by atoms with E-state index in [1.165, 1.54) is 14.1 Å². The normalized spacial score (nSPS) is 10.7. The molecule has 0 fully saturated rings. The summed E-state index contributed by atoms with van der Waals surface area (Å²) in [6.45, 7) is 1.05. The summed E-state index contributed by atoms with van der Waals surface area (Å²) >= 11 is 0. The molecule has 2 amide bonds. The summed E-state index contributed by atoms with van der Waals surface area (Å²) in [5.74, 6) is 0.869. The first kappa shape index (κ1) is 19.7. The Balaban J connectivity index is 3.33. The molecule has 0 radical (unpaired) electrons. The van der Waals surface area contributed by atoms with Crippen LogP contribution in [0.3, 0.4) is 0 Å². The van der Waals surface area contributed by atoms with Crippen LogP contribution in [0.15, 0.2) is 12.1 Å². The topological polar surface area (TPSA) is 83.1 Å². The van der Waals surface area contributed by atoms with Crippen LogP contribution in [0.1, 0.15) is 11.1 Å². The first-order valence-corrected chi connectivity index (χ1v) is 7.51. The summed E-state index contributed by atoms with van der Waals surface area (Å²) in [6.07, 6.45) is -1.10. The average molecular weight is 338 g/mol. The maximum absolute atomic E-state index is 11.6. The van der Waals surface area contributed by atoms with E-state index < -0.39 is 12.2 Å². The maximum atomic E-state index is 11.6. The van der Waals surface area contributed by atoms with E-state index in [1.807, 2.05) is 38.0 Å². The predicted octanol–water partition coefficient (Wildman–Crippen LogP) is 1.25. The summed E-state index contributed by atoms with van der Waals surface area (Å²) < 4.78 is 10.7. The molecule has 24 heavy (non-hydrogen) atoms. The standard InChI is InChI=1S/C16H26N4O4/c1-17-15(21)23-13-7-12(10-20(5)6)14(24-16(22)18-2)8-11(13)9-19(3)4/h7-8H,9-10H2,1-6H3,(H,17,21)(H,18,22). The van der Waals surface area contributed by atoms with Gasteiger partial charge in [0.05, 0.1) is 0 Å². The van der Waals surface area contributed by atoms with Gasteiger partial charge >= 0.3 is 12.2 Å². The minimum atomic E-state index is -0.550. The van der Waals surface area contributed by atoms with Gasteiger partial charge in [-0.2, -0.15) is 0 Å². The van der Waals surface area contributed by atoms with E-state index in [0.717, 1.165) is 11.1 Å². The Morgan fingerprint density at radius 2 is 1.17 bits per heavy atom. The van der Waals surface area contributed by atoms with Gasteiger partial charge in [-0.25, -0.2) is 9.59 Å². The van der Waals surface area contributed by atoms with Crippen LogP contribution < -0.4 is 20.1 Å². The molecule has 0 saturated heterocycles. The SMILES string of the molecule is CNC(=O)Oc1cc(CN(C)C)c(OC(=O)NC)cc1CN(C)C. The number of amides is 2. The Bertz CT molecular complexity index is 536. The third-order valence-corrected chi connectivity index (χ3v) is 3.03. The lowest BCUT2D eigenvalue weighted by molar-refractivity contribution is 0.199. The molecule has 2 N–H and O–H groups in total. The summed E-state index contributed by atoms with van der Waals surface area (Å²) in [5.41, 5.74) is 1.48. The molecule has 0 bridgehead atoms. The van der Waals surface area contributed by atoms with Crippen molar-refractivity contribution in [3.05, 3.63) is 23.3 Å². The zero-order valence-corrected chi connectivity index (χ0v) is 15.1. The van der Waals surface area contributed by atoms with Gasteiger partial charge in [0.15, 0.2) is 0 Å². The number of nitrogens with one attached hydrogen (secondary N) is 2. The average Bonchev–Trinajstić information content (AvgIpc) is 2.49. The van der Waals surface area contributed by atoms with Gasteiger partial charge in [-0.15, -0.1) is 0 Å². The zero-order chi connectivity index (χ0) is 18.3. The minimum absolute atomic E-state index is 0.434. The highest BCUT2D eigenvalue weighted by molar-refractivity contribution is 5.72. The van der Waals surface area contributed by atoms with Crippen LogP contribution in [-0.2, 0) is 13.1 Å². The van der Waals surface area contributed by atoms with Crippen molar-refractivity contribution in [3.63, 3.8) is 0 Å². The van der Waals surface area contributed by atoms with E-state index in [4.69, 9.17) is 9.47 Å². The van der Waals surface area contributed by atoms with Crippen molar-refractivity contribution < 1.29 is 19.1 Å². The van der Waals surface area contributed by atoms with Crippen molar-refractivity contribution in [1.29, 1.82) is 0 Å². The Kier molecular flexibility index (Phi) is 7.47. The molecule has 1 aromatic rings. The molecule has 0 aliphatic rings. The van der Waals surface area contributed by atoms with Crippen molar-refractivity contribution in [2.75, 3.05) is 42.3 Å². The molecule has 0 unspecified atom stereocenters. The molecular weight excluding hydrogens is 312 g/mol. The second-order valence-corrected chi connectivity index (χ2v) is 5.82. The number of hydrogen-bond donors (Lipinski definition) is 2. The second-order valence-electron chi connectivity index (χ2n) is 5.82. The molecule has 1 aromatic carbocycles. The van der Waals surface area contributed by atoms with E-state index in [2.05, 4.69) is 10.6 Å². The van der Waals surface area contributed by atoms with Gasteiger partial charge in [0.25, 0.3) is 0 Å². The van der Waals surface area contributed by atoms with Crippen LogP contribution in [0, 0.1) is 0 Å². The summed E-state index contributed by atoms with van der Waals surface area (Å²) in [7, 11) is 10.6. The van der Waals surface area contributed by atoms with E-state index in [0.29, 0.717) is 24.6 Å². The van der Waals surface area contributed by atoms with Gasteiger partial charge in [-0.3, -0.25) is 0 Å². The number of nitrogens with zero attached hydrogens (tertiary/aromatic N) is 2. The van der Waals surface area contributed by atoms with E-state index in [1.54, 1.807) is 12.1 Å². The van der Waals surface area contributed by atoms with Crippen LogP contribution in [0.4, 0.5) is 9.59 Å². The maximum Gasteiger partial charge on any atom is 0.412 e. The molecule has 134 valence electrons. The highest BCUT2D eigenvalue weighted by Crippen LogP contribution is 2.31. The fourth-order valence-corrected chi connectivity index (χ4v) is 2.06. The first-order chi connectivity index (χ1) is 11.3. The number of hydrogen-bond acceptors (Lipinski definition) is 6. The number of carbonyl (C=O) groups is 2. The molecule has 0 atom stereocenters. The lowest BCUT2D eigenvalue weighted by atomic mass is 10.1. The molecule has 8 nitrogen and oxygen atoms in total. The monoisotopic (exact) mass is 338 g/mol. The molecule has 0 spiro atoms. The van der Waals surface area contributed by atoms with Crippen molar-refractivity contribution in [1.82, 2.24) is 20.4 Å². The Hall–Kier alpha value is -2.32. The Morgan fingerprint density at radius 3 is 1.42 bits per heavy atom. The van der Waals surface area contributed by atoms with E-state index in [9.17, 15) is 9.59 Å². The fraction of sp³-hybridized carbons (Fsp3) is 0.500. The van der Waals surface area contributed by atoms with Crippen LogP contribution in [-0.4, -0.2) is 64.3 Å². The highest BCUT2D eigenvalue weighted by atomic mass is 16.6. The minimum Gasteiger partial charge on any atom is -0.410 e. The highest BCUT2D eigenvalue weighted by Gasteiger charge is 2.17. The number of benzene rings is 1. The number of ether oxygens (including phenoxy) is 2. The van der Waals surface area contributed by atoms with E-state index >= 15 is 0 Å². The van der Waals surface area contributed by atoms with Crippen molar-refractivity contribution >= 4 is 12.2 Å². The zero-order valence-electron chi connectivity index (χ0n) is 15.1. The second kappa shape index (κ2) is 9.09. The number of carbonyl (C=O) groups excluding carboxylic acids is 2. The van der Waals surface area contributed by atoms with Crippen LogP contribution in [0.5, 0.6) is 11.5 Å². The summed E-state index contributed by atoms with van der Waals surface area (Å²) in [4.78, 5) is 27.1. The van der Waals surface area contributed by atoms with Gasteiger partial charge in [0.1, 0.15) is 11.5 Å². The summed E-state index contributed by atoms with van der Waals surface area (Å²) in [6, 6.07) is 3.46. The largest absolute Gasteiger partial charge is 0.412 e.